The number of hydrogen-bond donors (Lipinski definition) is 0. The molecule has 0 aliphatic heterocycles. The van der Waals surface area contributed by atoms with Gasteiger partial charge in [0, 0.05) is 12.1 Å². The molecule has 1 aliphatic rings. The van der Waals surface area contributed by atoms with Gasteiger partial charge >= 0.3 is 5.97 Å². The Bertz CT molecular complexity index is 542. The van der Waals surface area contributed by atoms with Crippen molar-refractivity contribution in [3.8, 4) is 0 Å². The van der Waals surface area contributed by atoms with Crippen LogP contribution in [0.25, 0.3) is 0 Å². The molecule has 0 amide bonds. The number of nitro groups is 1. The first-order valence-corrected chi connectivity index (χ1v) is 6.68. The smallest absolute Gasteiger partial charge is 0.313 e. The van der Waals surface area contributed by atoms with Crippen LogP contribution in [0.2, 0.25) is 0 Å². The molecule has 0 heterocycles. The molecule has 1 saturated carbocycles. The summed E-state index contributed by atoms with van der Waals surface area (Å²) in [6.07, 6.45) is 3.58. The number of non-ortho nitro benzene ring substituents is 1. The van der Waals surface area contributed by atoms with Gasteiger partial charge in [-0.05, 0) is 31.4 Å². The lowest BCUT2D eigenvalue weighted by atomic mass is 9.98. The number of alkyl halides is 1. The second-order valence-corrected chi connectivity index (χ2v) is 5.01. The third-order valence-corrected chi connectivity index (χ3v) is 3.53. The Morgan fingerprint density at radius 1 is 1.35 bits per heavy atom. The first-order chi connectivity index (χ1) is 9.58. The van der Waals surface area contributed by atoms with Crippen LogP contribution in [-0.2, 0) is 4.84 Å². The largest absolute Gasteiger partial charge is 0.365 e. The number of carbonyl (C=O) groups is 1. The summed E-state index contributed by atoms with van der Waals surface area (Å²) in [6, 6.07) is 5.16. The number of nitrogens with zero attached hydrogens (tertiary/aromatic N) is 2. The average Bonchev–Trinajstić information content (AvgIpc) is 2.46. The summed E-state index contributed by atoms with van der Waals surface area (Å²) in [5.74, 6) is -0.651. The SMILES string of the molecule is O=C(ON=C1CCCCC1Cl)c1ccc([N+](=O)[O-])cc1. The van der Waals surface area contributed by atoms with Gasteiger partial charge in [-0.1, -0.05) is 11.6 Å². The summed E-state index contributed by atoms with van der Waals surface area (Å²) < 4.78 is 0. The molecule has 0 spiro atoms. The van der Waals surface area contributed by atoms with Crippen molar-refractivity contribution < 1.29 is 14.6 Å². The van der Waals surface area contributed by atoms with E-state index < -0.39 is 10.9 Å². The number of nitro benzene ring substituents is 1. The van der Waals surface area contributed by atoms with Crippen molar-refractivity contribution in [2.75, 3.05) is 0 Å². The van der Waals surface area contributed by atoms with Crippen molar-refractivity contribution in [1.82, 2.24) is 0 Å². The maximum Gasteiger partial charge on any atom is 0.365 e. The van der Waals surface area contributed by atoms with Crippen LogP contribution in [0.3, 0.4) is 0 Å². The molecule has 1 unspecified atom stereocenters. The number of carbonyl (C=O) groups excluding carboxylic acids is 1. The molecule has 1 fully saturated rings. The number of oxime groups is 1. The van der Waals surface area contributed by atoms with E-state index in [1.54, 1.807) is 0 Å². The Morgan fingerprint density at radius 3 is 2.65 bits per heavy atom. The number of rotatable bonds is 3. The molecule has 6 nitrogen and oxygen atoms in total. The van der Waals surface area contributed by atoms with Crippen LogP contribution in [0.1, 0.15) is 36.0 Å². The van der Waals surface area contributed by atoms with Crippen molar-refractivity contribution in [3.63, 3.8) is 0 Å². The van der Waals surface area contributed by atoms with Crippen LogP contribution in [0.4, 0.5) is 5.69 Å². The van der Waals surface area contributed by atoms with Gasteiger partial charge in [0.25, 0.3) is 5.69 Å². The van der Waals surface area contributed by atoms with Crippen molar-refractivity contribution in [2.45, 2.75) is 31.1 Å². The summed E-state index contributed by atoms with van der Waals surface area (Å²) in [7, 11) is 0. The molecule has 1 aromatic carbocycles. The Balaban J connectivity index is 2.01. The lowest BCUT2D eigenvalue weighted by Crippen LogP contribution is -2.20. The van der Waals surface area contributed by atoms with Crippen LogP contribution in [0, 0.1) is 10.1 Å². The van der Waals surface area contributed by atoms with Crippen LogP contribution in [-0.4, -0.2) is 22.0 Å². The van der Waals surface area contributed by atoms with Gasteiger partial charge in [-0.3, -0.25) is 10.1 Å². The van der Waals surface area contributed by atoms with E-state index in [1.165, 1.54) is 24.3 Å². The third-order valence-electron chi connectivity index (χ3n) is 3.06. The molecule has 106 valence electrons. The van der Waals surface area contributed by atoms with Crippen molar-refractivity contribution in [1.29, 1.82) is 0 Å². The monoisotopic (exact) mass is 296 g/mol. The molecular weight excluding hydrogens is 284 g/mol. The molecule has 0 saturated heterocycles. The van der Waals surface area contributed by atoms with E-state index in [4.69, 9.17) is 16.4 Å². The predicted molar refractivity (Wildman–Crippen MR) is 74.1 cm³/mol. The van der Waals surface area contributed by atoms with Gasteiger partial charge in [-0.2, -0.15) is 0 Å². The van der Waals surface area contributed by atoms with Crippen LogP contribution >= 0.6 is 11.6 Å². The zero-order chi connectivity index (χ0) is 14.5. The fraction of sp³-hybridized carbons (Fsp3) is 0.385. The topological polar surface area (TPSA) is 81.8 Å². The van der Waals surface area contributed by atoms with Crippen molar-refractivity contribution in [2.24, 2.45) is 5.16 Å². The lowest BCUT2D eigenvalue weighted by Gasteiger charge is -2.17. The molecule has 0 N–H and O–H groups in total. The quantitative estimate of drug-likeness (QED) is 0.371. The second kappa shape index (κ2) is 6.47. The summed E-state index contributed by atoms with van der Waals surface area (Å²) in [6.45, 7) is 0. The maximum absolute atomic E-state index is 11.7. The Hall–Kier alpha value is -1.95. The lowest BCUT2D eigenvalue weighted by molar-refractivity contribution is -0.384. The zero-order valence-electron chi connectivity index (χ0n) is 10.6. The van der Waals surface area contributed by atoms with E-state index in [1.807, 2.05) is 0 Å². The van der Waals surface area contributed by atoms with Gasteiger partial charge in [-0.15, -0.1) is 11.6 Å². The molecular formula is C13H13ClN2O4. The summed E-state index contributed by atoms with van der Waals surface area (Å²) in [5, 5.41) is 14.1. The van der Waals surface area contributed by atoms with E-state index in [2.05, 4.69) is 5.16 Å². The minimum absolute atomic E-state index is 0.0824. The van der Waals surface area contributed by atoms with Gasteiger partial charge in [0.2, 0.25) is 0 Å². The maximum atomic E-state index is 11.7. The molecule has 1 aromatic rings. The molecule has 0 bridgehead atoms. The molecule has 7 heteroatoms. The molecule has 1 atom stereocenters. The van der Waals surface area contributed by atoms with Crippen molar-refractivity contribution in [3.05, 3.63) is 39.9 Å². The molecule has 1 aliphatic carbocycles. The van der Waals surface area contributed by atoms with E-state index >= 15 is 0 Å². The molecule has 0 aromatic heterocycles. The minimum Gasteiger partial charge on any atom is -0.313 e. The van der Waals surface area contributed by atoms with E-state index in [-0.39, 0.29) is 16.6 Å². The molecule has 20 heavy (non-hydrogen) atoms. The Kier molecular flexibility index (Phi) is 4.68. The minimum atomic E-state index is -0.651. The summed E-state index contributed by atoms with van der Waals surface area (Å²) in [5.41, 5.74) is 0.802. The number of benzene rings is 1. The van der Waals surface area contributed by atoms with E-state index in [0.717, 1.165) is 25.7 Å². The van der Waals surface area contributed by atoms with Gasteiger partial charge in [0.15, 0.2) is 0 Å². The van der Waals surface area contributed by atoms with Crippen LogP contribution in [0.5, 0.6) is 0 Å². The summed E-state index contributed by atoms with van der Waals surface area (Å²) >= 11 is 6.07. The van der Waals surface area contributed by atoms with Gasteiger partial charge < -0.3 is 4.84 Å². The number of halogens is 1. The highest BCUT2D eigenvalue weighted by Crippen LogP contribution is 2.21. The van der Waals surface area contributed by atoms with Gasteiger partial charge in [0.1, 0.15) is 0 Å². The van der Waals surface area contributed by atoms with Gasteiger partial charge in [0.05, 0.1) is 21.6 Å². The molecule has 2 rings (SSSR count). The van der Waals surface area contributed by atoms with E-state index in [9.17, 15) is 14.9 Å². The van der Waals surface area contributed by atoms with Gasteiger partial charge in [-0.25, -0.2) is 4.79 Å². The molecule has 0 radical (unpaired) electrons. The Labute approximate surface area is 120 Å². The second-order valence-electron chi connectivity index (χ2n) is 4.48. The fourth-order valence-corrected chi connectivity index (χ4v) is 2.23. The highest BCUT2D eigenvalue weighted by atomic mass is 35.5. The van der Waals surface area contributed by atoms with Crippen LogP contribution < -0.4 is 0 Å². The normalized spacial score (nSPS) is 20.6. The Morgan fingerprint density at radius 2 is 2.05 bits per heavy atom. The fourth-order valence-electron chi connectivity index (χ4n) is 1.93. The highest BCUT2D eigenvalue weighted by molar-refractivity contribution is 6.32. The highest BCUT2D eigenvalue weighted by Gasteiger charge is 2.19. The standard InChI is InChI=1S/C13H13ClN2O4/c14-11-3-1-2-4-12(11)15-20-13(17)9-5-7-10(8-6-9)16(18)19/h5-8,11H,1-4H2. The first kappa shape index (κ1) is 14.5. The third kappa shape index (κ3) is 3.54. The predicted octanol–water partition coefficient (Wildman–Crippen LogP) is 3.29. The number of hydrogen-bond acceptors (Lipinski definition) is 5. The van der Waals surface area contributed by atoms with E-state index in [0.29, 0.717) is 5.71 Å². The average molecular weight is 297 g/mol. The summed E-state index contributed by atoms with van der Waals surface area (Å²) in [4.78, 5) is 26.5. The first-order valence-electron chi connectivity index (χ1n) is 6.24. The zero-order valence-corrected chi connectivity index (χ0v) is 11.4. The van der Waals surface area contributed by atoms with Crippen molar-refractivity contribution >= 4 is 29.0 Å². The van der Waals surface area contributed by atoms with Crippen LogP contribution in [0.15, 0.2) is 29.4 Å².